The molecule has 116 valence electrons. The van der Waals surface area contributed by atoms with Crippen LogP contribution >= 0.6 is 0 Å². The van der Waals surface area contributed by atoms with E-state index in [1.807, 2.05) is 13.8 Å². The number of anilines is 1. The number of benzene rings is 1. The monoisotopic (exact) mass is 295 g/mol. The van der Waals surface area contributed by atoms with Gasteiger partial charge in [-0.05, 0) is 18.8 Å². The van der Waals surface area contributed by atoms with Crippen LogP contribution in [0.2, 0.25) is 0 Å². The fourth-order valence-electron chi connectivity index (χ4n) is 1.96. The highest BCUT2D eigenvalue weighted by Gasteiger charge is 2.30. The molecule has 1 atom stereocenters. The van der Waals surface area contributed by atoms with Gasteiger partial charge in [-0.3, -0.25) is 20.2 Å². The first-order valence-electron chi connectivity index (χ1n) is 6.81. The number of nitrogens with zero attached hydrogens (tertiary/aromatic N) is 2. The molecule has 0 spiro atoms. The van der Waals surface area contributed by atoms with E-state index in [0.29, 0.717) is 5.56 Å². The van der Waals surface area contributed by atoms with Crippen LogP contribution in [-0.4, -0.2) is 15.9 Å². The molecule has 7 nitrogen and oxygen atoms in total. The van der Waals surface area contributed by atoms with E-state index >= 15 is 0 Å². The minimum absolute atomic E-state index is 0.0104. The van der Waals surface area contributed by atoms with E-state index in [-0.39, 0.29) is 23.1 Å². The highest BCUT2D eigenvalue weighted by atomic mass is 16.6. The minimum Gasteiger partial charge on any atom is -0.377 e. The van der Waals surface area contributed by atoms with E-state index in [2.05, 4.69) is 5.32 Å². The molecule has 0 saturated heterocycles. The van der Waals surface area contributed by atoms with Crippen LogP contribution < -0.4 is 5.32 Å². The normalized spacial score (nSPS) is 12.8. The maximum atomic E-state index is 11.3. The summed E-state index contributed by atoms with van der Waals surface area (Å²) in [5.41, 5.74) is -0.241. The Bertz CT molecular complexity index is 564. The summed E-state index contributed by atoms with van der Waals surface area (Å²) in [6, 6.07) is 2.57. The van der Waals surface area contributed by atoms with Gasteiger partial charge in [0.15, 0.2) is 0 Å². The summed E-state index contributed by atoms with van der Waals surface area (Å²) in [5, 5.41) is 25.5. The number of rotatable bonds is 5. The lowest BCUT2D eigenvalue weighted by Crippen LogP contribution is -2.18. The van der Waals surface area contributed by atoms with Crippen LogP contribution in [0.3, 0.4) is 0 Å². The van der Waals surface area contributed by atoms with E-state index < -0.39 is 15.3 Å². The second-order valence-electron chi connectivity index (χ2n) is 6.10. The molecule has 1 unspecified atom stereocenters. The predicted octanol–water partition coefficient (Wildman–Crippen LogP) is 4.01. The number of nitrogens with one attached hydrogen (secondary N) is 1. The van der Waals surface area contributed by atoms with Crippen molar-refractivity contribution in [3.63, 3.8) is 0 Å². The number of hydrogen-bond donors (Lipinski definition) is 1. The molecule has 1 N–H and O–H groups in total. The molecular weight excluding hydrogens is 274 g/mol. The van der Waals surface area contributed by atoms with Gasteiger partial charge in [-0.2, -0.15) is 0 Å². The molecule has 0 aliphatic rings. The van der Waals surface area contributed by atoms with E-state index in [0.717, 1.165) is 6.42 Å². The summed E-state index contributed by atoms with van der Waals surface area (Å²) < 4.78 is 0. The zero-order chi connectivity index (χ0) is 16.4. The van der Waals surface area contributed by atoms with Gasteiger partial charge in [0.2, 0.25) is 0 Å². The van der Waals surface area contributed by atoms with Crippen molar-refractivity contribution < 1.29 is 9.85 Å². The Labute approximate surface area is 123 Å². The number of nitro groups is 2. The Morgan fingerprint density at radius 1 is 1.14 bits per heavy atom. The summed E-state index contributed by atoms with van der Waals surface area (Å²) in [6.45, 7) is 9.18. The maximum absolute atomic E-state index is 11.3. The largest absolute Gasteiger partial charge is 0.377 e. The van der Waals surface area contributed by atoms with Crippen LogP contribution in [0.5, 0.6) is 0 Å². The van der Waals surface area contributed by atoms with Crippen LogP contribution in [-0.2, 0) is 5.41 Å². The third-order valence-corrected chi connectivity index (χ3v) is 3.33. The van der Waals surface area contributed by atoms with E-state index in [1.54, 1.807) is 20.8 Å². The van der Waals surface area contributed by atoms with Gasteiger partial charge in [0, 0.05) is 23.7 Å². The highest BCUT2D eigenvalue weighted by Crippen LogP contribution is 2.39. The fourth-order valence-corrected chi connectivity index (χ4v) is 1.96. The molecule has 0 bridgehead atoms. The SMILES string of the molecule is CCC(C)Nc1cc([N+](=O)[O-])c(C(C)(C)C)cc1[N+](=O)[O-]. The third kappa shape index (κ3) is 3.90. The Balaban J connectivity index is 3.55. The molecule has 0 aromatic heterocycles. The fraction of sp³-hybridized carbons (Fsp3) is 0.571. The smallest absolute Gasteiger partial charge is 0.293 e. The van der Waals surface area contributed by atoms with Crippen molar-refractivity contribution in [2.24, 2.45) is 0 Å². The standard InChI is InChI=1S/C14H21N3O4/c1-6-9(2)15-11-8-12(16(18)19)10(14(3,4)5)7-13(11)17(20)21/h7-9,15H,6H2,1-5H3. The molecule has 0 amide bonds. The topological polar surface area (TPSA) is 98.3 Å². The Morgan fingerprint density at radius 2 is 1.67 bits per heavy atom. The van der Waals surface area contributed by atoms with E-state index in [1.165, 1.54) is 12.1 Å². The molecule has 21 heavy (non-hydrogen) atoms. The lowest BCUT2D eigenvalue weighted by atomic mass is 9.85. The van der Waals surface area contributed by atoms with Crippen molar-refractivity contribution >= 4 is 17.1 Å². The van der Waals surface area contributed by atoms with Crippen molar-refractivity contribution in [2.45, 2.75) is 52.5 Å². The molecule has 0 fully saturated rings. The molecule has 0 radical (unpaired) electrons. The third-order valence-electron chi connectivity index (χ3n) is 3.33. The van der Waals surface area contributed by atoms with Gasteiger partial charge in [-0.25, -0.2) is 0 Å². The number of hydrogen-bond acceptors (Lipinski definition) is 5. The molecule has 1 rings (SSSR count). The van der Waals surface area contributed by atoms with Crippen molar-refractivity contribution in [1.82, 2.24) is 0 Å². The van der Waals surface area contributed by atoms with Crippen LogP contribution in [0.25, 0.3) is 0 Å². The van der Waals surface area contributed by atoms with Crippen LogP contribution in [0, 0.1) is 20.2 Å². The van der Waals surface area contributed by atoms with Crippen molar-refractivity contribution in [1.29, 1.82) is 0 Å². The van der Waals surface area contributed by atoms with Crippen LogP contribution in [0.4, 0.5) is 17.1 Å². The lowest BCUT2D eigenvalue weighted by Gasteiger charge is -2.20. The van der Waals surface area contributed by atoms with Gasteiger partial charge in [0.05, 0.1) is 9.85 Å². The highest BCUT2D eigenvalue weighted by molar-refractivity contribution is 5.69. The van der Waals surface area contributed by atoms with Gasteiger partial charge in [0.1, 0.15) is 5.69 Å². The Kier molecular flexibility index (Phi) is 4.88. The zero-order valence-corrected chi connectivity index (χ0v) is 13.0. The van der Waals surface area contributed by atoms with Gasteiger partial charge < -0.3 is 5.32 Å². The van der Waals surface area contributed by atoms with E-state index in [9.17, 15) is 20.2 Å². The molecule has 0 saturated carbocycles. The first kappa shape index (κ1) is 16.9. The molecule has 7 heteroatoms. The van der Waals surface area contributed by atoms with Crippen LogP contribution in [0.15, 0.2) is 12.1 Å². The average Bonchev–Trinajstić information content (AvgIpc) is 2.36. The Morgan fingerprint density at radius 3 is 2.05 bits per heavy atom. The average molecular weight is 295 g/mol. The lowest BCUT2D eigenvalue weighted by molar-refractivity contribution is -0.389. The Hall–Kier alpha value is -2.18. The van der Waals surface area contributed by atoms with E-state index in [4.69, 9.17) is 0 Å². The second kappa shape index (κ2) is 6.07. The predicted molar refractivity (Wildman–Crippen MR) is 81.8 cm³/mol. The van der Waals surface area contributed by atoms with Gasteiger partial charge >= 0.3 is 0 Å². The van der Waals surface area contributed by atoms with Crippen molar-refractivity contribution in [3.05, 3.63) is 37.9 Å². The number of nitro benzene ring substituents is 2. The van der Waals surface area contributed by atoms with Gasteiger partial charge in [0.25, 0.3) is 11.4 Å². The maximum Gasteiger partial charge on any atom is 0.293 e. The summed E-state index contributed by atoms with van der Waals surface area (Å²) in [7, 11) is 0. The summed E-state index contributed by atoms with van der Waals surface area (Å²) in [5.74, 6) is 0. The molecule has 1 aromatic rings. The molecule has 0 aliphatic heterocycles. The molecular formula is C14H21N3O4. The summed E-state index contributed by atoms with van der Waals surface area (Å²) in [4.78, 5) is 21.5. The minimum atomic E-state index is -0.554. The molecule has 0 heterocycles. The van der Waals surface area contributed by atoms with Crippen molar-refractivity contribution in [3.8, 4) is 0 Å². The summed E-state index contributed by atoms with van der Waals surface area (Å²) >= 11 is 0. The quantitative estimate of drug-likeness (QED) is 0.653. The van der Waals surface area contributed by atoms with Gasteiger partial charge in [-0.1, -0.05) is 27.7 Å². The van der Waals surface area contributed by atoms with Gasteiger partial charge in [-0.15, -0.1) is 0 Å². The zero-order valence-electron chi connectivity index (χ0n) is 13.0. The van der Waals surface area contributed by atoms with Crippen LogP contribution in [0.1, 0.15) is 46.6 Å². The first-order chi connectivity index (χ1) is 9.57. The molecule has 0 aliphatic carbocycles. The first-order valence-corrected chi connectivity index (χ1v) is 6.81. The summed E-state index contributed by atoms with van der Waals surface area (Å²) in [6.07, 6.45) is 0.756. The van der Waals surface area contributed by atoms with Crippen molar-refractivity contribution in [2.75, 3.05) is 5.32 Å². The second-order valence-corrected chi connectivity index (χ2v) is 6.10. The molecule has 1 aromatic carbocycles.